The van der Waals surface area contributed by atoms with Crippen LogP contribution >= 0.6 is 0 Å². The Morgan fingerprint density at radius 3 is 0.935 bits per heavy atom. The number of fused-ring (bicyclic) bond motifs is 6. The summed E-state index contributed by atoms with van der Waals surface area (Å²) in [5.74, 6) is 6.21. The molecule has 0 radical (unpaired) electrons. The molecule has 0 saturated carbocycles. The van der Waals surface area contributed by atoms with Gasteiger partial charge in [-0.15, -0.1) is 0 Å². The zero-order valence-electron chi connectivity index (χ0n) is 43.2. The molecule has 0 unspecified atom stereocenters. The molecule has 0 amide bonds. The van der Waals surface area contributed by atoms with Crippen molar-refractivity contribution in [3.8, 4) is 74.1 Å². The highest BCUT2D eigenvalue weighted by Crippen LogP contribution is 2.46. The first-order chi connectivity index (χ1) is 36.9. The van der Waals surface area contributed by atoms with E-state index in [0.717, 1.165) is 27.6 Å². The Hall–Kier alpha value is -9.76. The lowest BCUT2D eigenvalue weighted by Crippen LogP contribution is -2.08. The highest BCUT2D eigenvalue weighted by atomic mass is 19.4. The van der Waals surface area contributed by atoms with Crippen molar-refractivity contribution in [2.45, 2.75) is 68.5 Å². The van der Waals surface area contributed by atoms with Gasteiger partial charge in [-0.2, -0.15) is 18.4 Å². The number of hydrogen-bond donors (Lipinski definition) is 0. The smallest absolute Gasteiger partial charge is 0.308 e. The van der Waals surface area contributed by atoms with Gasteiger partial charge in [-0.05, 0) is 122 Å². The van der Waals surface area contributed by atoms with Gasteiger partial charge in [0.25, 0.3) is 0 Å². The Morgan fingerprint density at radius 1 is 0.377 bits per heavy atom. The summed E-state index contributed by atoms with van der Waals surface area (Å²) >= 11 is 0. The molecule has 0 aliphatic carbocycles. The highest BCUT2D eigenvalue weighted by molar-refractivity contribution is 6.14. The van der Waals surface area contributed by atoms with Crippen molar-refractivity contribution in [3.05, 3.63) is 166 Å². The van der Waals surface area contributed by atoms with Crippen molar-refractivity contribution in [3.63, 3.8) is 0 Å². The van der Waals surface area contributed by atoms with E-state index in [1.807, 2.05) is 128 Å². The van der Waals surface area contributed by atoms with E-state index in [2.05, 4.69) is 35.1 Å². The van der Waals surface area contributed by atoms with E-state index < -0.39 is 11.7 Å². The normalized spacial score (nSPS) is 11.9. The summed E-state index contributed by atoms with van der Waals surface area (Å²) in [4.78, 5) is 55.6. The molecule has 15 nitrogen and oxygen atoms in total. The van der Waals surface area contributed by atoms with Crippen molar-refractivity contribution in [2.75, 3.05) is 0 Å². The molecule has 0 saturated heterocycles. The number of rotatable bonds is 7. The molecule has 12 rings (SSSR count). The van der Waals surface area contributed by atoms with Crippen LogP contribution in [0, 0.1) is 73.6 Å². The van der Waals surface area contributed by atoms with E-state index in [1.54, 1.807) is 19.1 Å². The lowest BCUT2D eigenvalue weighted by molar-refractivity contribution is -0.137. The summed E-state index contributed by atoms with van der Waals surface area (Å²) in [5, 5.41) is 14.6. The monoisotopic (exact) mass is 1020 g/mol. The van der Waals surface area contributed by atoms with Crippen LogP contribution in [-0.2, 0) is 6.18 Å². The number of aryl methyl sites for hydroxylation is 9. The van der Waals surface area contributed by atoms with Crippen LogP contribution in [0.4, 0.5) is 13.2 Å². The Morgan fingerprint density at radius 2 is 0.675 bits per heavy atom. The number of nitriles is 1. The van der Waals surface area contributed by atoms with Crippen molar-refractivity contribution in [1.82, 2.24) is 68.9 Å². The molecule has 0 fully saturated rings. The van der Waals surface area contributed by atoms with Crippen molar-refractivity contribution in [1.29, 1.82) is 5.26 Å². The molecular weight excluding hydrogens is 976 g/mol. The molecule has 0 N–H and O–H groups in total. The van der Waals surface area contributed by atoms with Gasteiger partial charge >= 0.3 is 6.18 Å². The molecule has 18 heteroatoms. The fraction of sp³-hybridized carbons (Fsp3) is 0.169. The van der Waals surface area contributed by atoms with Crippen LogP contribution in [0.2, 0.25) is 0 Å². The quantitative estimate of drug-likeness (QED) is 0.147. The van der Waals surface area contributed by atoms with Gasteiger partial charge in [0, 0.05) is 49.4 Å². The number of alkyl halides is 3. The molecule has 0 bridgehead atoms. The van der Waals surface area contributed by atoms with Crippen LogP contribution in [-0.4, -0.2) is 68.9 Å². The number of halogens is 3. The molecule has 0 aliphatic rings. The standard InChI is InChI=1S/C59H44F3N15/c1-28-20-42(59(60,61)62)14-19-43(28)54-52(76-48-23-38(55-68-29(2)64-30(3)69-55)10-15-44(48)45-16-11-39(24-49(45)76)56-70-31(4)65-32(5)71-56)21-37(27-63)22-53(54)77-50-25-40(57-72-33(6)66-34(7)73-57)12-17-46(50)47-18-13-41(26-51(47)77)58-74-35(8)67-36(9)75-58/h10-26H,1-9H3. The first kappa shape index (κ1) is 48.2. The van der Waals surface area contributed by atoms with Gasteiger partial charge in [0.05, 0.1) is 50.6 Å². The van der Waals surface area contributed by atoms with Gasteiger partial charge in [0.2, 0.25) is 0 Å². The van der Waals surface area contributed by atoms with E-state index >= 15 is 0 Å². The third-order valence-electron chi connectivity index (χ3n) is 13.5. The third-order valence-corrected chi connectivity index (χ3v) is 13.5. The minimum Gasteiger partial charge on any atom is -0.308 e. The fourth-order valence-corrected chi connectivity index (χ4v) is 10.5. The van der Waals surface area contributed by atoms with E-state index in [9.17, 15) is 18.4 Å². The molecule has 6 aromatic carbocycles. The number of benzene rings is 6. The largest absolute Gasteiger partial charge is 0.416 e. The third kappa shape index (κ3) is 8.51. The van der Waals surface area contributed by atoms with Gasteiger partial charge in [-0.3, -0.25) is 0 Å². The topological polar surface area (TPSA) is 188 Å². The Kier molecular flexibility index (Phi) is 11.3. The summed E-state index contributed by atoms with van der Waals surface area (Å²) in [7, 11) is 0. The average molecular weight is 1020 g/mol. The van der Waals surface area contributed by atoms with Crippen LogP contribution in [0.15, 0.2) is 103 Å². The Balaban J connectivity index is 1.27. The summed E-state index contributed by atoms with van der Waals surface area (Å²) in [6, 6.07) is 33.7. The van der Waals surface area contributed by atoms with Gasteiger partial charge in [0.15, 0.2) is 23.3 Å². The van der Waals surface area contributed by atoms with Crippen LogP contribution in [0.5, 0.6) is 0 Å². The molecule has 6 aromatic heterocycles. The first-order valence-corrected chi connectivity index (χ1v) is 24.6. The summed E-state index contributed by atoms with van der Waals surface area (Å²) in [5.41, 5.74) is 7.39. The zero-order chi connectivity index (χ0) is 53.8. The van der Waals surface area contributed by atoms with Crippen LogP contribution in [0.1, 0.15) is 63.3 Å². The molecule has 0 spiro atoms. The molecule has 0 aliphatic heterocycles. The minimum atomic E-state index is -4.63. The van der Waals surface area contributed by atoms with Gasteiger partial charge in [-0.25, -0.2) is 59.8 Å². The second-order valence-electron chi connectivity index (χ2n) is 19.1. The van der Waals surface area contributed by atoms with Gasteiger partial charge in [-0.1, -0.05) is 54.6 Å². The molecule has 376 valence electrons. The fourth-order valence-electron chi connectivity index (χ4n) is 10.5. The maximum atomic E-state index is 14.7. The van der Waals surface area contributed by atoms with Crippen molar-refractivity contribution < 1.29 is 13.2 Å². The van der Waals surface area contributed by atoms with Crippen LogP contribution in [0.25, 0.3) is 112 Å². The maximum Gasteiger partial charge on any atom is 0.416 e. The summed E-state index contributed by atoms with van der Waals surface area (Å²) in [6.45, 7) is 16.2. The predicted molar refractivity (Wildman–Crippen MR) is 288 cm³/mol. The number of hydrogen-bond acceptors (Lipinski definition) is 13. The van der Waals surface area contributed by atoms with Crippen molar-refractivity contribution in [2.24, 2.45) is 0 Å². The zero-order valence-corrected chi connectivity index (χ0v) is 43.2. The Bertz CT molecular complexity index is 3990. The van der Waals surface area contributed by atoms with Gasteiger partial charge in [0.1, 0.15) is 46.6 Å². The van der Waals surface area contributed by atoms with E-state index in [1.165, 1.54) is 12.1 Å². The minimum absolute atomic E-state index is 0.271. The van der Waals surface area contributed by atoms with E-state index in [0.29, 0.717) is 142 Å². The first-order valence-electron chi connectivity index (χ1n) is 24.6. The number of nitrogens with zero attached hydrogens (tertiary/aromatic N) is 15. The van der Waals surface area contributed by atoms with Crippen LogP contribution in [0.3, 0.4) is 0 Å². The Labute approximate surface area is 438 Å². The lowest BCUT2D eigenvalue weighted by Gasteiger charge is -2.23. The van der Waals surface area contributed by atoms with Crippen LogP contribution < -0.4 is 0 Å². The molecule has 6 heterocycles. The van der Waals surface area contributed by atoms with E-state index in [4.69, 9.17) is 39.9 Å². The predicted octanol–water partition coefficient (Wildman–Crippen LogP) is 12.6. The second kappa shape index (κ2) is 18.0. The molecular formula is C59H44F3N15. The molecule has 12 aromatic rings. The summed E-state index contributed by atoms with van der Waals surface area (Å²) in [6.07, 6.45) is -4.63. The molecule has 77 heavy (non-hydrogen) atoms. The highest BCUT2D eigenvalue weighted by Gasteiger charge is 2.32. The SMILES string of the molecule is Cc1nc(C)nc(-c2ccc3c4ccc(-c5nc(C)nc(C)n5)cc4n(-c4cc(C#N)cc(-n5c6cc(-c7nc(C)nc(C)n7)ccc6c6ccc(-c7nc(C)nc(C)n7)cc65)c4-c4ccc(C(F)(F)F)cc4C)c3c2)n1. The molecule has 0 atom stereocenters. The average Bonchev–Trinajstić information content (AvgIpc) is 4.09. The maximum absolute atomic E-state index is 14.7. The second-order valence-corrected chi connectivity index (χ2v) is 19.1. The number of aromatic nitrogens is 14. The van der Waals surface area contributed by atoms with E-state index in [-0.39, 0.29) is 5.56 Å². The summed E-state index contributed by atoms with van der Waals surface area (Å²) < 4.78 is 48.3. The van der Waals surface area contributed by atoms with Crippen molar-refractivity contribution >= 4 is 43.6 Å². The van der Waals surface area contributed by atoms with Gasteiger partial charge < -0.3 is 9.13 Å². The lowest BCUT2D eigenvalue weighted by atomic mass is 9.93.